The molecule has 0 aromatic heterocycles. The first-order valence-electron chi connectivity index (χ1n) is 7.32. The Morgan fingerprint density at radius 3 is 2.32 bits per heavy atom. The molecule has 0 bridgehead atoms. The lowest BCUT2D eigenvalue weighted by Crippen LogP contribution is -2.16. The van der Waals surface area contributed by atoms with Gasteiger partial charge in [0.05, 0.1) is 0 Å². The Hall–Kier alpha value is -1.81. The van der Waals surface area contributed by atoms with Crippen molar-refractivity contribution in [3.8, 4) is 0 Å². The highest BCUT2D eigenvalue weighted by Crippen LogP contribution is 2.20. The van der Waals surface area contributed by atoms with Gasteiger partial charge >= 0.3 is 0 Å². The Morgan fingerprint density at radius 2 is 1.68 bits per heavy atom. The van der Waals surface area contributed by atoms with Crippen molar-refractivity contribution in [3.63, 3.8) is 0 Å². The standard InChI is InChI=1S/C18H21BrN2O/c1-12-8-13(2)10-16(9-12)21-18(22)6-7-20-15-4-5-17(19)14(3)11-15/h4-5,8-11,20H,6-7H2,1-3H3,(H,21,22). The van der Waals surface area contributed by atoms with Crippen molar-refractivity contribution in [1.29, 1.82) is 0 Å². The van der Waals surface area contributed by atoms with E-state index in [0.29, 0.717) is 13.0 Å². The molecule has 0 heterocycles. The number of hydrogen-bond acceptors (Lipinski definition) is 2. The maximum atomic E-state index is 12.0. The van der Waals surface area contributed by atoms with Crippen LogP contribution in [0.5, 0.6) is 0 Å². The van der Waals surface area contributed by atoms with Crippen molar-refractivity contribution in [3.05, 3.63) is 57.6 Å². The van der Waals surface area contributed by atoms with E-state index < -0.39 is 0 Å². The normalized spacial score (nSPS) is 10.4. The lowest BCUT2D eigenvalue weighted by molar-refractivity contribution is -0.115. The van der Waals surface area contributed by atoms with Crippen LogP contribution in [0.3, 0.4) is 0 Å². The number of hydrogen-bond donors (Lipinski definition) is 2. The lowest BCUT2D eigenvalue weighted by Gasteiger charge is -2.10. The molecule has 0 unspecified atom stereocenters. The summed E-state index contributed by atoms with van der Waals surface area (Å²) in [5, 5.41) is 6.21. The van der Waals surface area contributed by atoms with Gasteiger partial charge in [-0.05, 0) is 67.8 Å². The maximum absolute atomic E-state index is 12.0. The van der Waals surface area contributed by atoms with Crippen LogP contribution in [-0.2, 0) is 4.79 Å². The zero-order valence-corrected chi connectivity index (χ0v) is 14.8. The second-order valence-electron chi connectivity index (χ2n) is 5.57. The van der Waals surface area contributed by atoms with Gasteiger partial charge in [0.25, 0.3) is 0 Å². The van der Waals surface area contributed by atoms with E-state index >= 15 is 0 Å². The van der Waals surface area contributed by atoms with Crippen molar-refractivity contribution >= 4 is 33.2 Å². The van der Waals surface area contributed by atoms with E-state index in [2.05, 4.69) is 38.7 Å². The van der Waals surface area contributed by atoms with Crippen molar-refractivity contribution in [2.24, 2.45) is 0 Å². The summed E-state index contributed by atoms with van der Waals surface area (Å²) in [5.74, 6) is 0.0198. The highest BCUT2D eigenvalue weighted by atomic mass is 79.9. The molecule has 0 aliphatic rings. The van der Waals surface area contributed by atoms with Gasteiger partial charge in [0.2, 0.25) is 5.91 Å². The summed E-state index contributed by atoms with van der Waals surface area (Å²) in [7, 11) is 0. The second-order valence-corrected chi connectivity index (χ2v) is 6.42. The van der Waals surface area contributed by atoms with Crippen molar-refractivity contribution in [2.75, 3.05) is 17.2 Å². The zero-order chi connectivity index (χ0) is 16.1. The Balaban J connectivity index is 1.83. The molecule has 2 aromatic rings. The van der Waals surface area contributed by atoms with Crippen LogP contribution < -0.4 is 10.6 Å². The second kappa shape index (κ2) is 7.45. The summed E-state index contributed by atoms with van der Waals surface area (Å²) in [6.45, 7) is 6.71. The van der Waals surface area contributed by atoms with Gasteiger partial charge in [0, 0.05) is 28.8 Å². The van der Waals surface area contributed by atoms with Crippen LogP contribution in [0.2, 0.25) is 0 Å². The lowest BCUT2D eigenvalue weighted by atomic mass is 10.1. The highest BCUT2D eigenvalue weighted by Gasteiger charge is 2.04. The van der Waals surface area contributed by atoms with Crippen molar-refractivity contribution < 1.29 is 4.79 Å². The van der Waals surface area contributed by atoms with Crippen LogP contribution in [0, 0.1) is 20.8 Å². The van der Waals surface area contributed by atoms with Crippen LogP contribution in [-0.4, -0.2) is 12.5 Å². The third-order valence-electron chi connectivity index (χ3n) is 3.34. The number of benzene rings is 2. The van der Waals surface area contributed by atoms with Gasteiger partial charge in [-0.3, -0.25) is 4.79 Å². The molecule has 2 N–H and O–H groups in total. The first-order chi connectivity index (χ1) is 10.4. The fourth-order valence-corrected chi connectivity index (χ4v) is 2.59. The first kappa shape index (κ1) is 16.6. The van der Waals surface area contributed by atoms with E-state index in [0.717, 1.165) is 27.0 Å². The zero-order valence-electron chi connectivity index (χ0n) is 13.2. The molecular formula is C18H21BrN2O. The van der Waals surface area contributed by atoms with Crippen LogP contribution in [0.4, 0.5) is 11.4 Å². The quantitative estimate of drug-likeness (QED) is 0.802. The fourth-order valence-electron chi connectivity index (χ4n) is 2.35. The molecule has 2 aromatic carbocycles. The number of anilines is 2. The van der Waals surface area contributed by atoms with Crippen LogP contribution >= 0.6 is 15.9 Å². The van der Waals surface area contributed by atoms with Gasteiger partial charge in [0.15, 0.2) is 0 Å². The van der Waals surface area contributed by atoms with E-state index in [1.165, 1.54) is 5.56 Å². The SMILES string of the molecule is Cc1cc(C)cc(NC(=O)CCNc2ccc(Br)c(C)c2)c1. The van der Waals surface area contributed by atoms with Crippen LogP contribution in [0.25, 0.3) is 0 Å². The van der Waals surface area contributed by atoms with E-state index in [4.69, 9.17) is 0 Å². The average molecular weight is 361 g/mol. The molecule has 1 amide bonds. The summed E-state index contributed by atoms with van der Waals surface area (Å²) >= 11 is 3.48. The number of carbonyl (C=O) groups is 1. The topological polar surface area (TPSA) is 41.1 Å². The number of nitrogens with one attached hydrogen (secondary N) is 2. The smallest absolute Gasteiger partial charge is 0.226 e. The molecule has 2 rings (SSSR count). The molecule has 4 heteroatoms. The minimum atomic E-state index is 0.0198. The molecule has 0 atom stereocenters. The van der Waals surface area contributed by atoms with E-state index in [-0.39, 0.29) is 5.91 Å². The molecule has 22 heavy (non-hydrogen) atoms. The number of aryl methyl sites for hydroxylation is 3. The van der Waals surface area contributed by atoms with E-state index in [9.17, 15) is 4.79 Å². The predicted octanol–water partition coefficient (Wildman–Crippen LogP) is 4.82. The molecule has 0 saturated heterocycles. The molecule has 0 saturated carbocycles. The Bertz CT molecular complexity index is 663. The summed E-state index contributed by atoms with van der Waals surface area (Å²) in [6.07, 6.45) is 0.433. The average Bonchev–Trinajstić information content (AvgIpc) is 2.41. The summed E-state index contributed by atoms with van der Waals surface area (Å²) in [5.41, 5.74) is 5.36. The number of halogens is 1. The maximum Gasteiger partial charge on any atom is 0.226 e. The molecule has 116 valence electrons. The van der Waals surface area contributed by atoms with Gasteiger partial charge in [-0.25, -0.2) is 0 Å². The third-order valence-corrected chi connectivity index (χ3v) is 4.23. The molecule has 3 nitrogen and oxygen atoms in total. The highest BCUT2D eigenvalue weighted by molar-refractivity contribution is 9.10. The molecule has 0 aliphatic carbocycles. The van der Waals surface area contributed by atoms with Gasteiger partial charge in [-0.1, -0.05) is 22.0 Å². The summed E-state index contributed by atoms with van der Waals surface area (Å²) in [6, 6.07) is 12.1. The number of rotatable bonds is 5. The largest absolute Gasteiger partial charge is 0.385 e. The van der Waals surface area contributed by atoms with Crippen LogP contribution in [0.15, 0.2) is 40.9 Å². The van der Waals surface area contributed by atoms with Crippen LogP contribution in [0.1, 0.15) is 23.1 Å². The molecular weight excluding hydrogens is 340 g/mol. The van der Waals surface area contributed by atoms with Crippen molar-refractivity contribution in [2.45, 2.75) is 27.2 Å². The molecule has 0 fully saturated rings. The number of carbonyl (C=O) groups excluding carboxylic acids is 1. The van der Waals surface area contributed by atoms with Crippen molar-refractivity contribution in [1.82, 2.24) is 0 Å². The Labute approximate surface area is 140 Å². The molecule has 0 spiro atoms. The van der Waals surface area contributed by atoms with Gasteiger partial charge in [-0.15, -0.1) is 0 Å². The first-order valence-corrected chi connectivity index (χ1v) is 8.11. The molecule has 0 radical (unpaired) electrons. The van der Waals surface area contributed by atoms with Gasteiger partial charge in [0.1, 0.15) is 0 Å². The summed E-state index contributed by atoms with van der Waals surface area (Å²) < 4.78 is 1.09. The van der Waals surface area contributed by atoms with E-state index in [1.807, 2.05) is 45.0 Å². The van der Waals surface area contributed by atoms with Gasteiger partial charge < -0.3 is 10.6 Å². The summed E-state index contributed by atoms with van der Waals surface area (Å²) in [4.78, 5) is 12.0. The minimum Gasteiger partial charge on any atom is -0.385 e. The Morgan fingerprint density at radius 1 is 1.00 bits per heavy atom. The number of amides is 1. The minimum absolute atomic E-state index is 0.0198. The van der Waals surface area contributed by atoms with Gasteiger partial charge in [-0.2, -0.15) is 0 Å². The Kier molecular flexibility index (Phi) is 5.61. The molecule has 0 aliphatic heterocycles. The van der Waals surface area contributed by atoms with E-state index in [1.54, 1.807) is 0 Å². The predicted molar refractivity (Wildman–Crippen MR) is 96.5 cm³/mol. The fraction of sp³-hybridized carbons (Fsp3) is 0.278. The third kappa shape index (κ3) is 4.88. The monoisotopic (exact) mass is 360 g/mol.